The molecule has 0 fully saturated rings. The number of nitrogens with zero attached hydrogens (tertiary/aromatic N) is 2. The maximum atomic E-state index is 10.0. The van der Waals surface area contributed by atoms with Crippen LogP contribution in [-0.4, -0.2) is 10.0 Å². The summed E-state index contributed by atoms with van der Waals surface area (Å²) in [7, 11) is 0. The van der Waals surface area contributed by atoms with Crippen molar-refractivity contribution in [2.24, 2.45) is 0 Å². The molecule has 0 aliphatic carbocycles. The number of hydrogen-bond donors (Lipinski definition) is 1. The lowest BCUT2D eigenvalue weighted by molar-refractivity contribution is -0.445. The molecule has 0 aromatic carbocycles. The van der Waals surface area contributed by atoms with Crippen LogP contribution < -0.4 is 5.43 Å². The molecule has 0 atom stereocenters. The largest absolute Gasteiger partial charge is 0.234 e. The Morgan fingerprint density at radius 1 is 1.50 bits per heavy atom. The van der Waals surface area contributed by atoms with E-state index in [0.717, 1.165) is 11.3 Å². The smallest absolute Gasteiger partial charge is 0.191 e. The van der Waals surface area contributed by atoms with Crippen LogP contribution >= 0.6 is 0 Å². The Balaban J connectivity index is 2.93. The first-order valence-electron chi connectivity index (χ1n) is 3.44. The zero-order chi connectivity index (χ0) is 9.14. The van der Waals surface area contributed by atoms with Gasteiger partial charge in [0.1, 0.15) is 0 Å². The average Bonchev–Trinajstić information content (AvgIpc) is 1.81. The molecule has 1 aromatic rings. The van der Waals surface area contributed by atoms with Crippen LogP contribution in [0.25, 0.3) is 0 Å². The number of pyridine rings is 1. The molecule has 12 heavy (non-hydrogen) atoms. The highest BCUT2D eigenvalue weighted by atomic mass is 16.7. The van der Waals surface area contributed by atoms with Crippen molar-refractivity contribution in [2.75, 3.05) is 5.43 Å². The van der Waals surface area contributed by atoms with E-state index in [1.54, 1.807) is 13.0 Å². The molecule has 1 rings (SSSR count). The van der Waals surface area contributed by atoms with Crippen molar-refractivity contribution in [3.05, 3.63) is 33.5 Å². The lowest BCUT2D eigenvalue weighted by Gasteiger charge is -1.99. The summed E-state index contributed by atoms with van der Waals surface area (Å²) in [5.74, 6) is 0.275. The number of nitro groups is 1. The second kappa shape index (κ2) is 3.17. The van der Waals surface area contributed by atoms with Gasteiger partial charge in [0, 0.05) is 5.69 Å². The molecule has 1 heterocycles. The van der Waals surface area contributed by atoms with Crippen LogP contribution in [0.5, 0.6) is 0 Å². The third-order valence-corrected chi connectivity index (χ3v) is 1.30. The molecule has 5 nitrogen and oxygen atoms in total. The number of nitrogens with one attached hydrogen (secondary N) is 1. The quantitative estimate of drug-likeness (QED) is 0.532. The summed E-state index contributed by atoms with van der Waals surface area (Å²) in [6.45, 7) is 3.65. The normalized spacial score (nSPS) is 9.50. The van der Waals surface area contributed by atoms with Crippen molar-refractivity contribution in [3.63, 3.8) is 0 Å². The van der Waals surface area contributed by atoms with E-state index in [0.29, 0.717) is 0 Å². The number of hydrogen-bond acceptors (Lipinski definition) is 3. The summed E-state index contributed by atoms with van der Waals surface area (Å²) in [4.78, 5) is 14.0. The predicted octanol–water partition coefficient (Wildman–Crippen LogP) is 1.30. The molecule has 0 bridgehead atoms. The molecule has 0 amide bonds. The number of rotatable bonds is 2. The first-order valence-corrected chi connectivity index (χ1v) is 3.44. The van der Waals surface area contributed by atoms with E-state index in [4.69, 9.17) is 0 Å². The van der Waals surface area contributed by atoms with Crippen molar-refractivity contribution >= 4 is 5.82 Å². The van der Waals surface area contributed by atoms with Gasteiger partial charge in [-0.05, 0) is 31.5 Å². The number of hydrazine groups is 1. The lowest BCUT2D eigenvalue weighted by Crippen LogP contribution is -2.09. The first kappa shape index (κ1) is 8.45. The van der Waals surface area contributed by atoms with E-state index in [-0.39, 0.29) is 5.82 Å². The van der Waals surface area contributed by atoms with E-state index in [2.05, 4.69) is 4.98 Å². The van der Waals surface area contributed by atoms with E-state index < -0.39 is 5.03 Å². The Kier molecular flexibility index (Phi) is 2.23. The van der Waals surface area contributed by atoms with E-state index in [1.165, 1.54) is 0 Å². The van der Waals surface area contributed by atoms with E-state index >= 15 is 0 Å². The molecule has 0 saturated carbocycles. The molecule has 64 valence electrons. The Hall–Kier alpha value is -1.65. The SMILES string of the molecule is Cc1cc(C)nc(N[N+](=O)[O-])c1. The zero-order valence-electron chi connectivity index (χ0n) is 6.87. The first-order chi connectivity index (χ1) is 5.58. The van der Waals surface area contributed by atoms with Crippen LogP contribution in [0.2, 0.25) is 0 Å². The van der Waals surface area contributed by atoms with Crippen LogP contribution in [0.3, 0.4) is 0 Å². The van der Waals surface area contributed by atoms with Crippen LogP contribution in [0, 0.1) is 24.0 Å². The van der Waals surface area contributed by atoms with Crippen molar-refractivity contribution in [1.82, 2.24) is 4.98 Å². The van der Waals surface area contributed by atoms with Gasteiger partial charge in [-0.3, -0.25) is 0 Å². The fraction of sp³-hybridized carbons (Fsp3) is 0.286. The van der Waals surface area contributed by atoms with Crippen molar-refractivity contribution in [1.29, 1.82) is 0 Å². The third-order valence-electron chi connectivity index (χ3n) is 1.30. The summed E-state index contributed by atoms with van der Waals surface area (Å²) in [5, 5.41) is 9.42. The second-order valence-electron chi connectivity index (χ2n) is 2.54. The highest BCUT2D eigenvalue weighted by Crippen LogP contribution is 2.08. The highest BCUT2D eigenvalue weighted by molar-refractivity contribution is 5.36. The minimum absolute atomic E-state index is 0.275. The Bertz CT molecular complexity index is 291. The molecule has 0 aliphatic rings. The summed E-state index contributed by atoms with van der Waals surface area (Å²) >= 11 is 0. The lowest BCUT2D eigenvalue weighted by atomic mass is 10.2. The molecule has 5 heteroatoms. The summed E-state index contributed by atoms with van der Waals surface area (Å²) in [6.07, 6.45) is 0. The molecule has 0 saturated heterocycles. The standard InChI is InChI=1S/C7H9N3O2/c1-5-3-6(2)8-7(4-5)9-10(11)12/h3-4H,1-2H3,(H,8,9). The van der Waals surface area contributed by atoms with Gasteiger partial charge in [0.25, 0.3) is 0 Å². The Morgan fingerprint density at radius 2 is 2.17 bits per heavy atom. The van der Waals surface area contributed by atoms with Gasteiger partial charge in [-0.15, -0.1) is 0 Å². The fourth-order valence-corrected chi connectivity index (χ4v) is 0.992. The molecular weight excluding hydrogens is 158 g/mol. The van der Waals surface area contributed by atoms with Crippen molar-refractivity contribution < 1.29 is 5.03 Å². The van der Waals surface area contributed by atoms with Gasteiger partial charge in [0.15, 0.2) is 10.9 Å². The Morgan fingerprint density at radius 3 is 2.67 bits per heavy atom. The van der Waals surface area contributed by atoms with Crippen LogP contribution in [0.15, 0.2) is 12.1 Å². The summed E-state index contributed by atoms with van der Waals surface area (Å²) in [5.41, 5.74) is 3.71. The fourth-order valence-electron chi connectivity index (χ4n) is 0.992. The van der Waals surface area contributed by atoms with Crippen molar-refractivity contribution in [2.45, 2.75) is 13.8 Å². The molecular formula is C7H9N3O2. The van der Waals surface area contributed by atoms with Gasteiger partial charge in [-0.25, -0.2) is 15.1 Å². The van der Waals surface area contributed by atoms with Gasteiger partial charge in [0.05, 0.1) is 0 Å². The zero-order valence-corrected chi connectivity index (χ0v) is 6.87. The van der Waals surface area contributed by atoms with Crippen molar-refractivity contribution in [3.8, 4) is 0 Å². The third kappa shape index (κ3) is 2.19. The summed E-state index contributed by atoms with van der Waals surface area (Å²) < 4.78 is 0. The average molecular weight is 167 g/mol. The monoisotopic (exact) mass is 167 g/mol. The minimum Gasteiger partial charge on any atom is -0.234 e. The molecule has 0 spiro atoms. The molecule has 1 aromatic heterocycles. The number of anilines is 1. The molecule has 0 aliphatic heterocycles. The van der Waals surface area contributed by atoms with Crippen LogP contribution in [0.1, 0.15) is 11.3 Å². The molecule has 0 radical (unpaired) electrons. The molecule has 1 N–H and O–H groups in total. The Labute approximate surface area is 69.6 Å². The topological polar surface area (TPSA) is 68.1 Å². The van der Waals surface area contributed by atoms with Crippen LogP contribution in [0.4, 0.5) is 5.82 Å². The maximum Gasteiger partial charge on any atom is 0.191 e. The predicted molar refractivity (Wildman–Crippen MR) is 44.3 cm³/mol. The highest BCUT2D eigenvalue weighted by Gasteiger charge is 2.01. The minimum atomic E-state index is -0.624. The second-order valence-corrected chi connectivity index (χ2v) is 2.54. The van der Waals surface area contributed by atoms with Gasteiger partial charge < -0.3 is 0 Å². The number of aromatic nitrogens is 1. The van der Waals surface area contributed by atoms with Gasteiger partial charge in [-0.1, -0.05) is 5.43 Å². The molecule has 0 unspecified atom stereocenters. The van der Waals surface area contributed by atoms with E-state index in [9.17, 15) is 10.1 Å². The number of aryl methyl sites for hydroxylation is 2. The summed E-state index contributed by atoms with van der Waals surface area (Å²) in [6, 6.07) is 3.47. The van der Waals surface area contributed by atoms with Gasteiger partial charge in [-0.2, -0.15) is 0 Å². The van der Waals surface area contributed by atoms with Crippen LogP contribution in [-0.2, 0) is 0 Å². The maximum absolute atomic E-state index is 10.0. The van der Waals surface area contributed by atoms with E-state index in [1.807, 2.05) is 18.4 Å². The van der Waals surface area contributed by atoms with Gasteiger partial charge >= 0.3 is 0 Å². The van der Waals surface area contributed by atoms with Gasteiger partial charge in [0.2, 0.25) is 0 Å².